The molecule has 1 aromatic heterocycles. The number of carbonyl (C=O) groups is 2. The number of pyridine rings is 1. The maximum Gasteiger partial charge on any atom is 0.332 e. The molecule has 92 valence electrons. The quantitative estimate of drug-likeness (QED) is 0.625. The fourth-order valence-electron chi connectivity index (χ4n) is 1.23. The first-order valence-corrected chi connectivity index (χ1v) is 5.64. The zero-order valence-electron chi connectivity index (χ0n) is 9.81. The third kappa shape index (κ3) is 5.10. The second-order valence-electron chi connectivity index (χ2n) is 3.60. The van der Waals surface area contributed by atoms with Crippen molar-refractivity contribution in [2.45, 2.75) is 32.6 Å². The van der Waals surface area contributed by atoms with E-state index in [9.17, 15) is 9.59 Å². The minimum atomic E-state index is -0.470. The Morgan fingerprint density at radius 1 is 1.41 bits per heavy atom. The monoisotopic (exact) mass is 236 g/mol. The SMILES string of the molecule is CCCCCC(=O)ONC(=O)c1cccnc1. The van der Waals surface area contributed by atoms with Crippen LogP contribution in [-0.2, 0) is 9.63 Å². The van der Waals surface area contributed by atoms with E-state index in [1.807, 2.05) is 0 Å². The average Bonchev–Trinajstić information content (AvgIpc) is 2.37. The molecule has 0 radical (unpaired) electrons. The van der Waals surface area contributed by atoms with Gasteiger partial charge in [0.1, 0.15) is 0 Å². The van der Waals surface area contributed by atoms with Crippen LogP contribution in [0.4, 0.5) is 0 Å². The number of amides is 1. The van der Waals surface area contributed by atoms with Gasteiger partial charge in [-0.05, 0) is 18.6 Å². The van der Waals surface area contributed by atoms with E-state index in [1.165, 1.54) is 6.20 Å². The third-order valence-electron chi connectivity index (χ3n) is 2.17. The van der Waals surface area contributed by atoms with Crippen molar-refractivity contribution in [3.8, 4) is 0 Å². The molecule has 1 N–H and O–H groups in total. The van der Waals surface area contributed by atoms with Crippen LogP contribution in [0.25, 0.3) is 0 Å². The smallest absolute Gasteiger partial charge is 0.332 e. The lowest BCUT2D eigenvalue weighted by Crippen LogP contribution is -2.27. The summed E-state index contributed by atoms with van der Waals surface area (Å²) in [5.41, 5.74) is 2.45. The molecule has 1 amide bonds. The maximum absolute atomic E-state index is 11.5. The highest BCUT2D eigenvalue weighted by Gasteiger charge is 2.08. The van der Waals surface area contributed by atoms with E-state index in [2.05, 4.69) is 22.2 Å². The van der Waals surface area contributed by atoms with Crippen LogP contribution >= 0.6 is 0 Å². The Hall–Kier alpha value is -1.91. The summed E-state index contributed by atoms with van der Waals surface area (Å²) in [5, 5.41) is 0. The zero-order valence-corrected chi connectivity index (χ0v) is 9.81. The van der Waals surface area contributed by atoms with Gasteiger partial charge in [-0.1, -0.05) is 19.8 Å². The summed E-state index contributed by atoms with van der Waals surface area (Å²) in [6, 6.07) is 3.23. The van der Waals surface area contributed by atoms with Gasteiger partial charge in [-0.2, -0.15) is 5.48 Å². The van der Waals surface area contributed by atoms with Crippen LogP contribution in [0.15, 0.2) is 24.5 Å². The van der Waals surface area contributed by atoms with E-state index in [-0.39, 0.29) is 0 Å². The molecule has 0 unspecified atom stereocenters. The first-order valence-electron chi connectivity index (χ1n) is 5.64. The maximum atomic E-state index is 11.5. The largest absolute Gasteiger partial charge is 0.341 e. The van der Waals surface area contributed by atoms with Crippen LogP contribution in [0.5, 0.6) is 0 Å². The fraction of sp³-hybridized carbons (Fsp3) is 0.417. The molecule has 0 bridgehead atoms. The lowest BCUT2D eigenvalue weighted by Gasteiger charge is -2.04. The van der Waals surface area contributed by atoms with Gasteiger partial charge in [-0.25, -0.2) is 4.79 Å². The summed E-state index contributed by atoms with van der Waals surface area (Å²) >= 11 is 0. The highest BCUT2D eigenvalue weighted by molar-refractivity contribution is 5.93. The molecule has 5 nitrogen and oxygen atoms in total. The molecule has 0 saturated carbocycles. The summed E-state index contributed by atoms with van der Waals surface area (Å²) in [7, 11) is 0. The number of aromatic nitrogens is 1. The van der Waals surface area contributed by atoms with Crippen molar-refractivity contribution in [3.63, 3.8) is 0 Å². The van der Waals surface area contributed by atoms with Gasteiger partial charge in [0.05, 0.1) is 5.56 Å². The number of hydroxylamine groups is 1. The molecular weight excluding hydrogens is 220 g/mol. The van der Waals surface area contributed by atoms with Crippen LogP contribution in [0.3, 0.4) is 0 Å². The summed E-state index contributed by atoms with van der Waals surface area (Å²) < 4.78 is 0. The zero-order chi connectivity index (χ0) is 12.5. The number of hydrogen-bond donors (Lipinski definition) is 1. The highest BCUT2D eigenvalue weighted by atomic mass is 16.7. The van der Waals surface area contributed by atoms with E-state index in [4.69, 9.17) is 0 Å². The Morgan fingerprint density at radius 3 is 2.88 bits per heavy atom. The minimum Gasteiger partial charge on any atom is -0.341 e. The van der Waals surface area contributed by atoms with Crippen LogP contribution in [0.2, 0.25) is 0 Å². The molecule has 0 aliphatic carbocycles. The van der Waals surface area contributed by atoms with Crippen LogP contribution in [0.1, 0.15) is 43.0 Å². The molecule has 0 aliphatic rings. The fourth-order valence-corrected chi connectivity index (χ4v) is 1.23. The van der Waals surface area contributed by atoms with Gasteiger partial charge < -0.3 is 4.84 Å². The van der Waals surface area contributed by atoms with Gasteiger partial charge in [0, 0.05) is 18.8 Å². The molecular formula is C12H16N2O3. The number of nitrogens with zero attached hydrogens (tertiary/aromatic N) is 1. The van der Waals surface area contributed by atoms with Gasteiger partial charge >= 0.3 is 5.97 Å². The lowest BCUT2D eigenvalue weighted by atomic mass is 10.2. The number of rotatable bonds is 5. The van der Waals surface area contributed by atoms with E-state index in [1.54, 1.807) is 18.3 Å². The van der Waals surface area contributed by atoms with Gasteiger partial charge in [-0.15, -0.1) is 0 Å². The van der Waals surface area contributed by atoms with Crippen molar-refractivity contribution in [2.24, 2.45) is 0 Å². The standard InChI is InChI=1S/C12H16N2O3/c1-2-3-4-7-11(15)17-14-12(16)10-6-5-8-13-9-10/h5-6,8-9H,2-4,7H2,1H3,(H,14,16). The molecule has 0 spiro atoms. The average molecular weight is 236 g/mol. The molecule has 5 heteroatoms. The number of unbranched alkanes of at least 4 members (excludes halogenated alkanes) is 2. The minimum absolute atomic E-state index is 0.321. The number of carbonyl (C=O) groups excluding carboxylic acids is 2. The second-order valence-corrected chi connectivity index (χ2v) is 3.60. The topological polar surface area (TPSA) is 68.3 Å². The Morgan fingerprint density at radius 2 is 2.24 bits per heavy atom. The summed E-state index contributed by atoms with van der Waals surface area (Å²) in [6.07, 6.45) is 6.08. The van der Waals surface area contributed by atoms with E-state index < -0.39 is 11.9 Å². The molecule has 0 atom stereocenters. The van der Waals surface area contributed by atoms with Crippen molar-refractivity contribution >= 4 is 11.9 Å². The molecule has 0 fully saturated rings. The van der Waals surface area contributed by atoms with E-state index >= 15 is 0 Å². The predicted octanol–water partition coefficient (Wildman–Crippen LogP) is 1.85. The van der Waals surface area contributed by atoms with Crippen molar-refractivity contribution in [2.75, 3.05) is 0 Å². The Kier molecular flexibility index (Phi) is 5.71. The van der Waals surface area contributed by atoms with Gasteiger partial charge in [0.15, 0.2) is 0 Å². The third-order valence-corrected chi connectivity index (χ3v) is 2.17. The van der Waals surface area contributed by atoms with Gasteiger partial charge in [0.2, 0.25) is 0 Å². The van der Waals surface area contributed by atoms with Crippen molar-refractivity contribution < 1.29 is 14.4 Å². The summed E-state index contributed by atoms with van der Waals surface area (Å²) in [6.45, 7) is 2.05. The number of hydrogen-bond acceptors (Lipinski definition) is 4. The van der Waals surface area contributed by atoms with Gasteiger partial charge in [-0.3, -0.25) is 9.78 Å². The predicted molar refractivity (Wildman–Crippen MR) is 61.9 cm³/mol. The molecule has 1 rings (SSSR count). The lowest BCUT2D eigenvalue weighted by molar-refractivity contribution is -0.149. The molecule has 0 aromatic carbocycles. The number of nitrogens with one attached hydrogen (secondary N) is 1. The summed E-state index contributed by atoms with van der Waals surface area (Å²) in [4.78, 5) is 31.1. The van der Waals surface area contributed by atoms with E-state index in [0.717, 1.165) is 19.3 Å². The van der Waals surface area contributed by atoms with Crippen molar-refractivity contribution in [3.05, 3.63) is 30.1 Å². The molecule has 0 aliphatic heterocycles. The molecule has 1 aromatic rings. The Bertz CT molecular complexity index is 365. The normalized spacial score (nSPS) is 9.71. The molecule has 1 heterocycles. The highest BCUT2D eigenvalue weighted by Crippen LogP contribution is 2.00. The summed E-state index contributed by atoms with van der Waals surface area (Å²) in [5.74, 6) is -0.891. The van der Waals surface area contributed by atoms with Gasteiger partial charge in [0.25, 0.3) is 5.91 Å². The molecule has 17 heavy (non-hydrogen) atoms. The Balaban J connectivity index is 2.26. The van der Waals surface area contributed by atoms with E-state index in [0.29, 0.717) is 12.0 Å². The molecule has 0 saturated heterocycles. The Labute approximate surface area is 100 Å². The van der Waals surface area contributed by atoms with Crippen LogP contribution in [-0.4, -0.2) is 16.9 Å². The van der Waals surface area contributed by atoms with Crippen molar-refractivity contribution in [1.29, 1.82) is 0 Å². The van der Waals surface area contributed by atoms with Crippen molar-refractivity contribution in [1.82, 2.24) is 10.5 Å². The second kappa shape index (κ2) is 7.38. The van der Waals surface area contributed by atoms with Crippen LogP contribution in [0, 0.1) is 0 Å². The first-order chi connectivity index (χ1) is 8.24. The first kappa shape index (κ1) is 13.2. The van der Waals surface area contributed by atoms with Crippen LogP contribution < -0.4 is 5.48 Å².